The molecular weight excluding hydrogens is 819 g/mol. The second-order valence-electron chi connectivity index (χ2n) is 17.1. The number of nitrogens with zero attached hydrogens (tertiary/aromatic N) is 3. The van der Waals surface area contributed by atoms with E-state index >= 15 is 0 Å². The number of carbonyl (C=O) groups is 3. The summed E-state index contributed by atoms with van der Waals surface area (Å²) >= 11 is 0. The summed E-state index contributed by atoms with van der Waals surface area (Å²) in [5.74, 6) is -0.745. The van der Waals surface area contributed by atoms with Gasteiger partial charge in [-0.15, -0.1) is 0 Å². The van der Waals surface area contributed by atoms with Crippen LogP contribution in [0.4, 0.5) is 5.95 Å². The number of rotatable bonds is 16. The molecule has 2 aromatic heterocycles. The Kier molecular flexibility index (Phi) is 13.2. The smallest absolute Gasteiger partial charge is 0.306 e. The summed E-state index contributed by atoms with van der Waals surface area (Å²) in [4.78, 5) is 64.1. The van der Waals surface area contributed by atoms with Crippen LogP contribution in [0.1, 0.15) is 73.8 Å². The Labute approximate surface area is 367 Å². The van der Waals surface area contributed by atoms with Gasteiger partial charge in [0.2, 0.25) is 5.95 Å². The Morgan fingerprint density at radius 1 is 0.825 bits per heavy atom. The number of aromatic amines is 1. The molecule has 328 valence electrons. The van der Waals surface area contributed by atoms with E-state index in [1.54, 1.807) is 37.4 Å². The van der Waals surface area contributed by atoms with E-state index in [1.807, 2.05) is 84.9 Å². The number of nitrogens with one attached hydrogen (secondary N) is 2. The third-order valence-corrected chi connectivity index (χ3v) is 16.2. The molecule has 1 aliphatic heterocycles. The van der Waals surface area contributed by atoms with Gasteiger partial charge in [-0.25, -0.2) is 4.98 Å². The molecule has 0 bridgehead atoms. The van der Waals surface area contributed by atoms with Gasteiger partial charge in [0.05, 0.1) is 26.5 Å². The molecule has 1 saturated heterocycles. The van der Waals surface area contributed by atoms with Gasteiger partial charge in [-0.05, 0) is 66.0 Å². The Hall–Kier alpha value is -6.26. The molecule has 0 saturated carbocycles. The topological polar surface area (TPSA) is 173 Å². The maximum absolute atomic E-state index is 13.7. The quantitative estimate of drug-likeness (QED) is 0.0549. The summed E-state index contributed by atoms with van der Waals surface area (Å²) in [6.45, 7) is 11.8. The van der Waals surface area contributed by atoms with Crippen molar-refractivity contribution in [3.63, 3.8) is 0 Å². The zero-order chi connectivity index (χ0) is 44.9. The fraction of sp³-hybridized carbons (Fsp3) is 0.333. The van der Waals surface area contributed by atoms with Crippen LogP contribution < -0.4 is 15.6 Å². The van der Waals surface area contributed by atoms with Crippen molar-refractivity contribution < 1.29 is 37.8 Å². The SMILES string of the molecule is COc1ccc(C(OC[C@H]2O[C@@H](n3cnc4c(=O)[nH]c(NC(=O)c5ccccc5)nc43)[C@H](OC(=O)CCC(C)=O)[C@@H]2O[Si](C)(C)C(C)(C)C)(c2ccccc2)c2ccccc2)cc1. The van der Waals surface area contributed by atoms with E-state index < -0.39 is 55.9 Å². The third-order valence-electron chi connectivity index (χ3n) is 11.8. The van der Waals surface area contributed by atoms with Gasteiger partial charge in [-0.1, -0.05) is 112 Å². The molecule has 1 fully saturated rings. The number of Topliss-reactive ketones (excluding diaryl/α,β-unsaturated/α-hetero) is 1. The summed E-state index contributed by atoms with van der Waals surface area (Å²) in [5.41, 5.74) is 1.09. The van der Waals surface area contributed by atoms with Crippen LogP contribution in [0.2, 0.25) is 18.1 Å². The molecule has 2 N–H and O–H groups in total. The first-order valence-electron chi connectivity index (χ1n) is 20.9. The van der Waals surface area contributed by atoms with Crippen LogP contribution >= 0.6 is 0 Å². The number of hydrogen-bond acceptors (Lipinski definition) is 11. The van der Waals surface area contributed by atoms with Gasteiger partial charge in [0, 0.05) is 12.0 Å². The fourth-order valence-corrected chi connectivity index (χ4v) is 8.73. The number of imidazole rings is 1. The lowest BCUT2D eigenvalue weighted by Crippen LogP contribution is -2.51. The van der Waals surface area contributed by atoms with E-state index in [0.29, 0.717) is 11.3 Å². The van der Waals surface area contributed by atoms with E-state index in [1.165, 1.54) is 17.8 Å². The molecule has 3 heterocycles. The predicted octanol–water partition coefficient (Wildman–Crippen LogP) is 7.96. The maximum atomic E-state index is 13.7. The number of methoxy groups -OCH3 is 1. The number of esters is 1. The van der Waals surface area contributed by atoms with Crippen molar-refractivity contribution in [2.45, 2.75) is 88.8 Å². The number of H-pyrrole nitrogens is 1. The molecule has 4 atom stereocenters. The standard InChI is InChI=1S/C48H53N5O9Si/c1-31(54)23-28-38(55)61-41-40(62-63(6,7)47(2,3)4)37(60-45(41)53-30-49-39-42(53)50-46(52-44(39)57)51-43(56)32-17-11-8-12-18-32)29-59-48(33-19-13-9-14-20-33,34-21-15-10-16-22-34)35-24-26-36(58-5)27-25-35/h8-22,24-27,30,37,40-41,45H,23,28-29H2,1-7H3,(H2,50,51,52,56,57)/t37-,40-,41-,45-/m1/s1. The number of benzene rings is 4. The highest BCUT2D eigenvalue weighted by Crippen LogP contribution is 2.45. The molecule has 7 rings (SSSR count). The van der Waals surface area contributed by atoms with Gasteiger partial charge in [-0.3, -0.25) is 29.3 Å². The van der Waals surface area contributed by atoms with Crippen molar-refractivity contribution in [2.24, 2.45) is 0 Å². The Bertz CT molecular complexity index is 2560. The van der Waals surface area contributed by atoms with E-state index in [4.69, 9.17) is 23.4 Å². The second kappa shape index (κ2) is 18.6. The molecule has 1 aliphatic rings. The molecule has 0 radical (unpaired) electrons. The number of ketones is 1. The highest BCUT2D eigenvalue weighted by atomic mass is 28.4. The van der Waals surface area contributed by atoms with Crippen LogP contribution in [-0.2, 0) is 33.8 Å². The van der Waals surface area contributed by atoms with Crippen molar-refractivity contribution in [2.75, 3.05) is 19.0 Å². The van der Waals surface area contributed by atoms with Crippen LogP contribution in [0.3, 0.4) is 0 Å². The molecular formula is C48H53N5O9Si. The number of amides is 1. The fourth-order valence-electron chi connectivity index (χ4n) is 7.41. The molecule has 4 aromatic carbocycles. The average molecular weight is 872 g/mol. The van der Waals surface area contributed by atoms with Crippen molar-refractivity contribution >= 4 is 43.1 Å². The minimum atomic E-state index is -2.69. The first-order valence-corrected chi connectivity index (χ1v) is 23.8. The molecule has 1 amide bonds. The first kappa shape index (κ1) is 44.8. The van der Waals surface area contributed by atoms with E-state index in [9.17, 15) is 19.2 Å². The molecule has 63 heavy (non-hydrogen) atoms. The third kappa shape index (κ3) is 9.56. The lowest BCUT2D eigenvalue weighted by Gasteiger charge is -2.41. The van der Waals surface area contributed by atoms with Crippen molar-refractivity contribution in [1.29, 1.82) is 0 Å². The Morgan fingerprint density at radius 2 is 1.41 bits per heavy atom. The normalized spacial score (nSPS) is 18.0. The first-order chi connectivity index (χ1) is 30.1. The van der Waals surface area contributed by atoms with Crippen molar-refractivity contribution in [3.05, 3.63) is 154 Å². The highest BCUT2D eigenvalue weighted by Gasteiger charge is 2.54. The van der Waals surface area contributed by atoms with E-state index in [0.717, 1.165) is 16.7 Å². The van der Waals surface area contributed by atoms with Gasteiger partial charge >= 0.3 is 5.97 Å². The summed E-state index contributed by atoms with van der Waals surface area (Å²) in [6, 6.07) is 36.0. The van der Waals surface area contributed by atoms with Gasteiger partial charge in [0.1, 0.15) is 29.3 Å². The number of carbonyl (C=O) groups excluding carboxylic acids is 3. The summed E-state index contributed by atoms with van der Waals surface area (Å²) in [6.07, 6.45) is -2.92. The lowest BCUT2D eigenvalue weighted by atomic mass is 9.80. The lowest BCUT2D eigenvalue weighted by molar-refractivity contribution is -0.158. The van der Waals surface area contributed by atoms with Gasteiger partial charge in [0.15, 0.2) is 31.8 Å². The largest absolute Gasteiger partial charge is 0.497 e. The monoisotopic (exact) mass is 871 g/mol. The summed E-state index contributed by atoms with van der Waals surface area (Å²) in [5, 5.41) is 2.39. The summed E-state index contributed by atoms with van der Waals surface area (Å²) in [7, 11) is -1.08. The van der Waals surface area contributed by atoms with Crippen LogP contribution in [0.5, 0.6) is 5.75 Å². The van der Waals surface area contributed by atoms with Crippen LogP contribution in [0, 0.1) is 0 Å². The van der Waals surface area contributed by atoms with E-state index in [-0.39, 0.29) is 47.4 Å². The van der Waals surface area contributed by atoms with Gasteiger partial charge < -0.3 is 28.2 Å². The molecule has 0 spiro atoms. The number of aromatic nitrogens is 4. The predicted molar refractivity (Wildman–Crippen MR) is 240 cm³/mol. The van der Waals surface area contributed by atoms with Crippen LogP contribution in [-0.4, -0.2) is 77.5 Å². The molecule has 15 heteroatoms. The maximum Gasteiger partial charge on any atom is 0.306 e. The van der Waals surface area contributed by atoms with Crippen molar-refractivity contribution in [1.82, 2.24) is 19.5 Å². The zero-order valence-electron chi connectivity index (χ0n) is 36.5. The average Bonchev–Trinajstić information content (AvgIpc) is 3.84. The molecule has 0 unspecified atom stereocenters. The minimum Gasteiger partial charge on any atom is -0.497 e. The second-order valence-corrected chi connectivity index (χ2v) is 21.8. The van der Waals surface area contributed by atoms with Gasteiger partial charge in [-0.2, -0.15) is 4.98 Å². The highest BCUT2D eigenvalue weighted by molar-refractivity contribution is 6.74. The molecule has 14 nitrogen and oxygen atoms in total. The number of anilines is 1. The Balaban J connectivity index is 1.36. The van der Waals surface area contributed by atoms with Crippen LogP contribution in [0.25, 0.3) is 11.2 Å². The van der Waals surface area contributed by atoms with Crippen molar-refractivity contribution in [3.8, 4) is 5.75 Å². The number of ether oxygens (including phenoxy) is 4. The minimum absolute atomic E-state index is 0.0225. The van der Waals surface area contributed by atoms with Crippen LogP contribution in [0.15, 0.2) is 126 Å². The zero-order valence-corrected chi connectivity index (χ0v) is 37.5. The van der Waals surface area contributed by atoms with E-state index in [2.05, 4.69) is 54.1 Å². The van der Waals surface area contributed by atoms with Gasteiger partial charge in [0.25, 0.3) is 11.5 Å². The molecule has 0 aliphatic carbocycles. The number of hydrogen-bond donors (Lipinski definition) is 2. The Morgan fingerprint density at radius 3 is 1.98 bits per heavy atom. The molecule has 6 aromatic rings. The number of fused-ring (bicyclic) bond motifs is 1. The summed E-state index contributed by atoms with van der Waals surface area (Å²) < 4.78 is 34.9.